The van der Waals surface area contributed by atoms with Gasteiger partial charge < -0.3 is 80.9 Å². The molecule has 0 aromatic heterocycles. The molecule has 17 nitrogen and oxygen atoms in total. The van der Waals surface area contributed by atoms with E-state index >= 15 is 0 Å². The Bertz CT molecular complexity index is 1580. The van der Waals surface area contributed by atoms with Crippen molar-refractivity contribution in [3.63, 3.8) is 0 Å². The van der Waals surface area contributed by atoms with Crippen LogP contribution in [0.2, 0.25) is 0 Å². The van der Waals surface area contributed by atoms with Crippen LogP contribution >= 0.6 is 0 Å². The fourth-order valence-electron chi connectivity index (χ4n) is 7.95. The zero-order valence-electron chi connectivity index (χ0n) is 37.4. The molecule has 17 heteroatoms. The van der Waals surface area contributed by atoms with Crippen molar-refractivity contribution in [1.29, 1.82) is 0 Å². The first kappa shape index (κ1) is 55.4. The maximum atomic E-state index is 12.6. The predicted octanol–water partition coefficient (Wildman–Crippen LogP) is 0.619. The first-order valence-electron chi connectivity index (χ1n) is 22.3. The number of aliphatic hydroxyl groups excluding tert-OH is 10. The van der Waals surface area contributed by atoms with Crippen molar-refractivity contribution in [3.05, 3.63) is 85.1 Å². The van der Waals surface area contributed by atoms with Gasteiger partial charge in [0.1, 0.15) is 12.2 Å². The predicted molar refractivity (Wildman–Crippen MR) is 236 cm³/mol. The molecule has 0 aromatic carbocycles. The zero-order chi connectivity index (χ0) is 47.6. The summed E-state index contributed by atoms with van der Waals surface area (Å²) in [6.07, 6.45) is 6.23. The number of fused-ring (bicyclic) bond motifs is 2. The van der Waals surface area contributed by atoms with Crippen LogP contribution in [0.4, 0.5) is 0 Å². The van der Waals surface area contributed by atoms with Gasteiger partial charge >= 0.3 is 5.97 Å². The fraction of sp³-hybridized carbons (Fsp3) is 0.681. The van der Waals surface area contributed by atoms with Crippen molar-refractivity contribution in [2.75, 3.05) is 6.61 Å². The highest BCUT2D eigenvalue weighted by molar-refractivity contribution is 5.70. The van der Waals surface area contributed by atoms with Crippen LogP contribution in [0.15, 0.2) is 85.1 Å². The quantitative estimate of drug-likeness (QED) is 0.173. The fourth-order valence-corrected chi connectivity index (χ4v) is 7.95. The zero-order valence-corrected chi connectivity index (χ0v) is 37.4. The molecule has 0 aromatic rings. The highest BCUT2D eigenvalue weighted by Gasteiger charge is 2.48. The van der Waals surface area contributed by atoms with Crippen molar-refractivity contribution in [2.24, 2.45) is 23.5 Å². The molecule has 19 atom stereocenters. The lowest BCUT2D eigenvalue weighted by Gasteiger charge is -2.46. The number of rotatable bonds is 3. The number of hydrogen-bond donors (Lipinski definition) is 12. The molecular formula is C47H75NO16. The van der Waals surface area contributed by atoms with Crippen molar-refractivity contribution >= 4 is 5.97 Å². The van der Waals surface area contributed by atoms with E-state index in [0.717, 1.165) is 0 Å². The number of ether oxygens (including phenoxy) is 4. The lowest BCUT2D eigenvalue weighted by atomic mass is 9.83. The molecule has 0 spiro atoms. The average molecular weight is 910 g/mol. The number of esters is 1. The number of cyclic esters (lactones) is 1. The molecule has 0 unspecified atom stereocenters. The average Bonchev–Trinajstić information content (AvgIpc) is 3.22. The molecule has 64 heavy (non-hydrogen) atoms. The van der Waals surface area contributed by atoms with E-state index in [9.17, 15) is 61.0 Å². The van der Waals surface area contributed by atoms with Crippen LogP contribution in [0.25, 0.3) is 0 Å². The van der Waals surface area contributed by atoms with E-state index in [0.29, 0.717) is 0 Å². The van der Waals surface area contributed by atoms with E-state index < -0.39 is 148 Å². The second kappa shape index (κ2) is 27.6. The van der Waals surface area contributed by atoms with Gasteiger partial charge in [-0.3, -0.25) is 4.79 Å². The van der Waals surface area contributed by atoms with Gasteiger partial charge in [0.15, 0.2) is 12.1 Å². The Morgan fingerprint density at radius 2 is 1.23 bits per heavy atom. The maximum absolute atomic E-state index is 12.6. The third-order valence-corrected chi connectivity index (χ3v) is 12.1. The van der Waals surface area contributed by atoms with Crippen LogP contribution in [-0.2, 0) is 23.7 Å². The van der Waals surface area contributed by atoms with Crippen molar-refractivity contribution in [3.8, 4) is 0 Å². The van der Waals surface area contributed by atoms with Crippen LogP contribution in [0.1, 0.15) is 79.1 Å². The number of aliphatic hydroxyl groups is 11. The first-order chi connectivity index (χ1) is 30.2. The molecule has 2 bridgehead atoms. The second-order valence-electron chi connectivity index (χ2n) is 17.6. The molecule has 364 valence electrons. The van der Waals surface area contributed by atoms with Gasteiger partial charge in [-0.1, -0.05) is 98.9 Å². The first-order valence-corrected chi connectivity index (χ1v) is 22.3. The molecular weight excluding hydrogens is 835 g/mol. The Labute approximate surface area is 376 Å². The Kier molecular flexibility index (Phi) is 23.9. The third-order valence-electron chi connectivity index (χ3n) is 12.1. The molecule has 2 fully saturated rings. The standard InChI is InChI=1S/C47H75NO16/c1-28-17-15-13-11-9-7-5-6-8-10-12-14-16-18-35(63-46-45(59)42(48)44(58)31(4)62-46)24-40-36(27-49)39(55)26-47(60,64-40)25-34(52)22-38(54)37(53)20-19-32(50)21-33(51)23-41(56)61-30(3)29(2)43(28)57/h5-18,28-40,42-46,49-55,57-60H,19-27,48H2,1-4H3/b6-5+,9-7+,10-8+,13-11+,14-12+,17-15+,18-16+/t28-,29-,30-,31+,32+,33+,34-,35-,36+,37+,38+,39-,40-,42-,43+,44+,45-,46-,47+/m0/s1. The Morgan fingerprint density at radius 1 is 0.656 bits per heavy atom. The van der Waals surface area contributed by atoms with Gasteiger partial charge in [0, 0.05) is 43.4 Å². The van der Waals surface area contributed by atoms with Crippen LogP contribution < -0.4 is 5.73 Å². The van der Waals surface area contributed by atoms with Gasteiger partial charge in [-0.15, -0.1) is 0 Å². The molecule has 0 radical (unpaired) electrons. The summed E-state index contributed by atoms with van der Waals surface area (Å²) >= 11 is 0. The van der Waals surface area contributed by atoms with E-state index in [1.807, 2.05) is 49.5 Å². The topological polar surface area (TPSA) is 303 Å². The normalized spacial score (nSPS) is 46.1. The summed E-state index contributed by atoms with van der Waals surface area (Å²) in [5.41, 5.74) is 6.04. The smallest absolute Gasteiger partial charge is 0.308 e. The Morgan fingerprint density at radius 3 is 1.83 bits per heavy atom. The minimum absolute atomic E-state index is 0.0734. The molecule has 0 aliphatic carbocycles. The monoisotopic (exact) mass is 910 g/mol. The van der Waals surface area contributed by atoms with Gasteiger partial charge in [-0.25, -0.2) is 0 Å². The van der Waals surface area contributed by atoms with Gasteiger partial charge in [0.2, 0.25) is 0 Å². The summed E-state index contributed by atoms with van der Waals surface area (Å²) < 4.78 is 23.4. The summed E-state index contributed by atoms with van der Waals surface area (Å²) in [5, 5.41) is 118. The molecule has 13 N–H and O–H groups in total. The van der Waals surface area contributed by atoms with Crippen LogP contribution in [0.5, 0.6) is 0 Å². The van der Waals surface area contributed by atoms with Gasteiger partial charge in [-0.2, -0.15) is 0 Å². The highest BCUT2D eigenvalue weighted by Crippen LogP contribution is 2.38. The van der Waals surface area contributed by atoms with E-state index in [1.165, 1.54) is 0 Å². The van der Waals surface area contributed by atoms with Crippen LogP contribution in [-0.4, -0.2) is 166 Å². The Hall–Kier alpha value is -2.95. The van der Waals surface area contributed by atoms with E-state index in [-0.39, 0.29) is 31.6 Å². The summed E-state index contributed by atoms with van der Waals surface area (Å²) in [6.45, 7) is 6.28. The molecule has 2 saturated heterocycles. The summed E-state index contributed by atoms with van der Waals surface area (Å²) in [5.74, 6) is -4.50. The summed E-state index contributed by atoms with van der Waals surface area (Å²) in [4.78, 5) is 12.6. The van der Waals surface area contributed by atoms with Crippen molar-refractivity contribution < 1.29 is 79.9 Å². The lowest BCUT2D eigenvalue weighted by Crippen LogP contribution is -2.61. The summed E-state index contributed by atoms with van der Waals surface area (Å²) in [7, 11) is 0. The van der Waals surface area contributed by atoms with E-state index in [1.54, 1.807) is 63.3 Å². The van der Waals surface area contributed by atoms with Gasteiger partial charge in [-0.05, 0) is 33.1 Å². The maximum Gasteiger partial charge on any atom is 0.308 e. The molecule has 3 aliphatic rings. The van der Waals surface area contributed by atoms with Crippen molar-refractivity contribution in [1.82, 2.24) is 0 Å². The molecule has 0 saturated carbocycles. The highest BCUT2D eigenvalue weighted by atomic mass is 16.7. The number of allylic oxidation sites excluding steroid dienone is 12. The number of carbonyl (C=O) groups excluding carboxylic acids is 1. The third kappa shape index (κ3) is 18.4. The van der Waals surface area contributed by atoms with Gasteiger partial charge in [0.05, 0.1) is 86.2 Å². The minimum atomic E-state index is -2.16. The lowest BCUT2D eigenvalue weighted by molar-refractivity contribution is -0.312. The molecule has 3 heterocycles. The van der Waals surface area contributed by atoms with Gasteiger partial charge in [0.25, 0.3) is 0 Å². The molecule has 0 amide bonds. The second-order valence-corrected chi connectivity index (χ2v) is 17.6. The van der Waals surface area contributed by atoms with Crippen molar-refractivity contribution in [2.45, 2.75) is 177 Å². The summed E-state index contributed by atoms with van der Waals surface area (Å²) in [6, 6.07) is -1.09. The molecule has 3 rings (SSSR count). The largest absolute Gasteiger partial charge is 0.462 e. The molecule has 3 aliphatic heterocycles. The SMILES string of the molecule is C[C@@H]1[C@H](O)[C@@H](C)/C=C/C=C/C=C/C=C/C=C/C=C/C=C/[C@H](O[C@@H]2O[C@H](C)[C@@H](O)[C@H](N)[C@@H]2O)C[C@@H]2O[C@](O)(C[C@@H](O)C[C@@H](O)[C@H](O)CC[C@@H](O)C[C@@H](O)CC(=O)O[C@H]1C)C[C@H](O)[C@H]2CO. The Balaban J connectivity index is 1.83. The number of carbonyl (C=O) groups is 1. The van der Waals surface area contributed by atoms with E-state index in [2.05, 4.69) is 0 Å². The minimum Gasteiger partial charge on any atom is -0.462 e. The number of hydrogen-bond acceptors (Lipinski definition) is 17. The number of nitrogens with two attached hydrogens (primary N) is 1. The van der Waals surface area contributed by atoms with Crippen LogP contribution in [0, 0.1) is 17.8 Å². The van der Waals surface area contributed by atoms with Crippen LogP contribution in [0.3, 0.4) is 0 Å². The van der Waals surface area contributed by atoms with E-state index in [4.69, 9.17) is 24.7 Å².